The van der Waals surface area contributed by atoms with E-state index >= 15 is 0 Å². The zero-order valence-electron chi connectivity index (χ0n) is 19.2. The van der Waals surface area contributed by atoms with Crippen LogP contribution in [0.5, 0.6) is 5.75 Å². The molecule has 1 N–H and O–H groups in total. The highest BCUT2D eigenvalue weighted by Crippen LogP contribution is 2.32. The van der Waals surface area contributed by atoms with Gasteiger partial charge in [0.25, 0.3) is 0 Å². The summed E-state index contributed by atoms with van der Waals surface area (Å²) in [5.41, 5.74) is 3.87. The van der Waals surface area contributed by atoms with Crippen LogP contribution in [0.4, 0.5) is 13.2 Å². The molecule has 0 aliphatic heterocycles. The Morgan fingerprint density at radius 3 is 2.47 bits per heavy atom. The number of fused-ring (bicyclic) bond motifs is 1. The van der Waals surface area contributed by atoms with E-state index in [1.807, 2.05) is 37.6 Å². The van der Waals surface area contributed by atoms with Crippen LogP contribution in [0.3, 0.4) is 0 Å². The van der Waals surface area contributed by atoms with Gasteiger partial charge in [0.05, 0.1) is 23.6 Å². The highest BCUT2D eigenvalue weighted by atomic mass is 19.4. The number of aryl methyl sites for hydroxylation is 3. The first-order valence-electron chi connectivity index (χ1n) is 11.1. The van der Waals surface area contributed by atoms with E-state index in [0.717, 1.165) is 34.5 Å². The van der Waals surface area contributed by atoms with Crippen molar-refractivity contribution in [3.63, 3.8) is 0 Å². The summed E-state index contributed by atoms with van der Waals surface area (Å²) in [6, 6.07) is 10.8. The highest BCUT2D eigenvalue weighted by molar-refractivity contribution is 5.82. The number of alkyl halides is 3. The van der Waals surface area contributed by atoms with Gasteiger partial charge >= 0.3 is 6.18 Å². The van der Waals surface area contributed by atoms with Crippen molar-refractivity contribution in [2.45, 2.75) is 45.8 Å². The van der Waals surface area contributed by atoms with Gasteiger partial charge < -0.3 is 14.4 Å². The number of halogens is 3. The monoisotopic (exact) mass is 473 g/mol. The molecule has 6 nitrogen and oxygen atoms in total. The molecule has 2 aromatic heterocycles. The van der Waals surface area contributed by atoms with Crippen molar-refractivity contribution >= 4 is 11.0 Å². The van der Waals surface area contributed by atoms with Gasteiger partial charge in [0.1, 0.15) is 12.4 Å². The van der Waals surface area contributed by atoms with Crippen LogP contribution in [-0.4, -0.2) is 33.3 Å². The maximum Gasteiger partial charge on any atom is 0.416 e. The first kappa shape index (κ1) is 23.8. The predicted octanol–water partition coefficient (Wildman–Crippen LogP) is 5.76. The number of hydrogen-bond acceptors (Lipinski definition) is 5. The molecule has 0 aliphatic carbocycles. The second kappa shape index (κ2) is 9.50. The van der Waals surface area contributed by atoms with Gasteiger partial charge in [-0.1, -0.05) is 17.3 Å². The first-order chi connectivity index (χ1) is 16.2. The van der Waals surface area contributed by atoms with Crippen molar-refractivity contribution in [1.82, 2.24) is 14.9 Å². The van der Waals surface area contributed by atoms with E-state index in [9.17, 15) is 13.2 Å². The molecule has 0 radical (unpaired) electrons. The van der Waals surface area contributed by atoms with Gasteiger partial charge in [-0.15, -0.1) is 0 Å². The van der Waals surface area contributed by atoms with Crippen molar-refractivity contribution in [1.29, 1.82) is 0 Å². The van der Waals surface area contributed by atoms with Crippen molar-refractivity contribution in [3.8, 4) is 17.0 Å². The van der Waals surface area contributed by atoms with Crippen molar-refractivity contribution in [3.05, 3.63) is 65.0 Å². The SMILES string of the molecule is Cc1cc2c(CCc3cc(-c4ccc(C(F)(F)F)cc4)nn3C(C)C)noc2cc1OCCO. The highest BCUT2D eigenvalue weighted by Gasteiger charge is 2.30. The number of benzene rings is 2. The third kappa shape index (κ3) is 4.94. The molecule has 0 saturated carbocycles. The van der Waals surface area contributed by atoms with Crippen LogP contribution in [0.25, 0.3) is 22.2 Å². The molecule has 4 rings (SSSR count). The minimum Gasteiger partial charge on any atom is -0.491 e. The normalized spacial score (nSPS) is 12.1. The van der Waals surface area contributed by atoms with Crippen molar-refractivity contribution in [2.24, 2.45) is 0 Å². The smallest absolute Gasteiger partial charge is 0.416 e. The molecule has 2 heterocycles. The van der Waals surface area contributed by atoms with Gasteiger partial charge in [-0.3, -0.25) is 4.68 Å². The fourth-order valence-corrected chi connectivity index (χ4v) is 3.90. The topological polar surface area (TPSA) is 73.3 Å². The summed E-state index contributed by atoms with van der Waals surface area (Å²) < 4.78 is 51.6. The summed E-state index contributed by atoms with van der Waals surface area (Å²) in [5, 5.41) is 18.7. The van der Waals surface area contributed by atoms with E-state index in [2.05, 4.69) is 10.3 Å². The Morgan fingerprint density at radius 2 is 1.82 bits per heavy atom. The lowest BCUT2D eigenvalue weighted by molar-refractivity contribution is -0.137. The summed E-state index contributed by atoms with van der Waals surface area (Å²) in [6.07, 6.45) is -3.13. The predicted molar refractivity (Wildman–Crippen MR) is 122 cm³/mol. The van der Waals surface area contributed by atoms with Crippen LogP contribution in [0.1, 0.15) is 42.4 Å². The summed E-state index contributed by atoms with van der Waals surface area (Å²) in [7, 11) is 0. The van der Waals surface area contributed by atoms with Crippen molar-refractivity contribution in [2.75, 3.05) is 13.2 Å². The minimum absolute atomic E-state index is 0.0723. The molecule has 0 spiro atoms. The largest absolute Gasteiger partial charge is 0.491 e. The summed E-state index contributed by atoms with van der Waals surface area (Å²) in [5.74, 6) is 0.642. The molecule has 0 bridgehead atoms. The zero-order chi connectivity index (χ0) is 24.5. The van der Waals surface area contributed by atoms with Gasteiger partial charge in [0.2, 0.25) is 0 Å². The lowest BCUT2D eigenvalue weighted by Gasteiger charge is -2.10. The minimum atomic E-state index is -4.37. The Balaban J connectivity index is 1.57. The summed E-state index contributed by atoms with van der Waals surface area (Å²) >= 11 is 0. The van der Waals surface area contributed by atoms with Crippen LogP contribution in [0.2, 0.25) is 0 Å². The Morgan fingerprint density at radius 1 is 1.09 bits per heavy atom. The number of ether oxygens (including phenoxy) is 1. The number of rotatable bonds is 8. The maximum absolute atomic E-state index is 12.9. The Hall–Kier alpha value is -3.33. The van der Waals surface area contributed by atoms with E-state index in [4.69, 9.17) is 14.4 Å². The van der Waals surface area contributed by atoms with Crippen LogP contribution >= 0.6 is 0 Å². The fraction of sp³-hybridized carbons (Fsp3) is 0.360. The molecule has 0 fully saturated rings. The average molecular weight is 473 g/mol. The number of hydrogen-bond donors (Lipinski definition) is 1. The van der Waals surface area contributed by atoms with Crippen LogP contribution in [-0.2, 0) is 19.0 Å². The molecule has 34 heavy (non-hydrogen) atoms. The zero-order valence-corrected chi connectivity index (χ0v) is 19.2. The van der Waals surface area contributed by atoms with Crippen LogP contribution in [0.15, 0.2) is 47.0 Å². The van der Waals surface area contributed by atoms with E-state index < -0.39 is 11.7 Å². The van der Waals surface area contributed by atoms with Crippen LogP contribution in [0, 0.1) is 6.92 Å². The first-order valence-corrected chi connectivity index (χ1v) is 11.1. The number of aliphatic hydroxyl groups is 1. The fourth-order valence-electron chi connectivity index (χ4n) is 3.90. The molecule has 0 saturated heterocycles. The maximum atomic E-state index is 12.9. The molecule has 0 unspecified atom stereocenters. The molecular weight excluding hydrogens is 447 g/mol. The van der Waals surface area contributed by atoms with Gasteiger partial charge in [-0.25, -0.2) is 0 Å². The van der Waals surface area contributed by atoms with Gasteiger partial charge in [0, 0.05) is 28.8 Å². The summed E-state index contributed by atoms with van der Waals surface area (Å²) in [6.45, 7) is 6.07. The number of aliphatic hydroxyl groups excluding tert-OH is 1. The van der Waals surface area contributed by atoms with Crippen molar-refractivity contribution < 1.29 is 27.5 Å². The third-order valence-corrected chi connectivity index (χ3v) is 5.62. The number of aromatic nitrogens is 3. The third-order valence-electron chi connectivity index (χ3n) is 5.62. The second-order valence-corrected chi connectivity index (χ2v) is 8.45. The lowest BCUT2D eigenvalue weighted by atomic mass is 10.1. The van der Waals surface area contributed by atoms with Gasteiger partial charge in [-0.05, 0) is 63.4 Å². The quantitative estimate of drug-likeness (QED) is 0.352. The van der Waals surface area contributed by atoms with E-state index in [1.165, 1.54) is 12.1 Å². The standard InChI is InChI=1S/C25H26F3N3O3/c1-15(2)31-19(13-22(29-31)17-4-6-18(7-5-17)25(26,27)28)8-9-21-20-12-16(3)23(33-11-10-32)14-24(20)34-30-21/h4-7,12-15,32H,8-11H2,1-3H3. The van der Waals surface area contributed by atoms with Gasteiger partial charge in [0.15, 0.2) is 5.58 Å². The molecule has 4 aromatic rings. The Kier molecular flexibility index (Phi) is 6.65. The molecule has 0 aliphatic rings. The molecule has 180 valence electrons. The molecule has 2 aromatic carbocycles. The van der Waals surface area contributed by atoms with E-state index in [-0.39, 0.29) is 19.3 Å². The molecule has 0 atom stereocenters. The Labute approximate surface area is 194 Å². The van der Waals surface area contributed by atoms with Crippen LogP contribution < -0.4 is 4.74 Å². The van der Waals surface area contributed by atoms with Gasteiger partial charge in [-0.2, -0.15) is 18.3 Å². The second-order valence-electron chi connectivity index (χ2n) is 8.45. The molecule has 0 amide bonds. The molecule has 9 heteroatoms. The van der Waals surface area contributed by atoms with E-state index in [1.54, 1.807) is 6.07 Å². The molecular formula is C25H26F3N3O3. The number of nitrogens with zero attached hydrogens (tertiary/aromatic N) is 3. The lowest BCUT2D eigenvalue weighted by Crippen LogP contribution is -2.08. The Bertz CT molecular complexity index is 1270. The average Bonchev–Trinajstić information content (AvgIpc) is 3.39. The van der Waals surface area contributed by atoms with E-state index in [0.29, 0.717) is 35.4 Å². The summed E-state index contributed by atoms with van der Waals surface area (Å²) in [4.78, 5) is 0.